The van der Waals surface area contributed by atoms with Gasteiger partial charge in [0.25, 0.3) is 5.91 Å². The summed E-state index contributed by atoms with van der Waals surface area (Å²) in [5, 5.41) is 3.01. The molecule has 1 aromatic rings. The number of amides is 2. The average molecular weight is 494 g/mol. The van der Waals surface area contributed by atoms with E-state index in [-0.39, 0.29) is 34.8 Å². The van der Waals surface area contributed by atoms with Gasteiger partial charge >= 0.3 is 0 Å². The van der Waals surface area contributed by atoms with E-state index >= 15 is 0 Å². The van der Waals surface area contributed by atoms with E-state index in [0.717, 1.165) is 32.1 Å². The van der Waals surface area contributed by atoms with Crippen molar-refractivity contribution in [1.29, 1.82) is 0 Å². The van der Waals surface area contributed by atoms with E-state index in [0.29, 0.717) is 38.3 Å². The van der Waals surface area contributed by atoms with Crippen LogP contribution in [-0.2, 0) is 19.6 Å². The van der Waals surface area contributed by atoms with Crippen LogP contribution in [0.3, 0.4) is 0 Å². The first-order chi connectivity index (χ1) is 16.2. The Balaban J connectivity index is 1.59. The summed E-state index contributed by atoms with van der Waals surface area (Å²) in [6, 6.07) is 6.13. The Hall–Kier alpha value is -1.97. The molecule has 2 fully saturated rings. The number of sulfonamides is 1. The number of morpholine rings is 1. The van der Waals surface area contributed by atoms with Crippen LogP contribution in [0, 0.1) is 5.92 Å². The van der Waals surface area contributed by atoms with Crippen molar-refractivity contribution in [3.8, 4) is 0 Å². The molecule has 3 atom stereocenters. The molecule has 1 aromatic carbocycles. The van der Waals surface area contributed by atoms with Crippen molar-refractivity contribution < 1.29 is 22.7 Å². The lowest BCUT2D eigenvalue weighted by atomic mass is 9.96. The minimum absolute atomic E-state index is 0.0180. The van der Waals surface area contributed by atoms with Gasteiger partial charge in [0.05, 0.1) is 23.0 Å². The van der Waals surface area contributed by atoms with E-state index in [1.165, 1.54) is 22.9 Å². The second-order valence-corrected chi connectivity index (χ2v) is 11.5. The Labute approximate surface area is 204 Å². The molecule has 2 aliphatic rings. The van der Waals surface area contributed by atoms with Crippen molar-refractivity contribution in [3.63, 3.8) is 0 Å². The fraction of sp³-hybridized carbons (Fsp3) is 0.680. The minimum atomic E-state index is -3.65. The number of nitrogens with zero attached hydrogens (tertiary/aromatic N) is 2. The SMILES string of the molecule is CCCCCCNC(=O)[C@H]1CCCN(C(=O)c2ccc(S(=O)(=O)N3C[C@@H](C)O[C@@H](C)C3)cc2)C1. The van der Waals surface area contributed by atoms with E-state index < -0.39 is 10.0 Å². The molecule has 2 saturated heterocycles. The van der Waals surface area contributed by atoms with Crippen LogP contribution < -0.4 is 5.32 Å². The van der Waals surface area contributed by atoms with Crippen molar-refractivity contribution >= 4 is 21.8 Å². The number of ether oxygens (including phenoxy) is 1. The lowest BCUT2D eigenvalue weighted by Gasteiger charge is -2.34. The number of unbranched alkanes of at least 4 members (excludes halogenated alkanes) is 3. The summed E-state index contributed by atoms with van der Waals surface area (Å²) in [7, 11) is -3.65. The van der Waals surface area contributed by atoms with E-state index in [1.807, 2.05) is 13.8 Å². The maximum Gasteiger partial charge on any atom is 0.253 e. The molecular formula is C25H39N3O5S. The number of hydrogen-bond acceptors (Lipinski definition) is 5. The zero-order chi connectivity index (χ0) is 24.7. The summed E-state index contributed by atoms with van der Waals surface area (Å²) < 4.78 is 33.2. The molecule has 3 rings (SSSR count). The van der Waals surface area contributed by atoms with Gasteiger partial charge in [-0.25, -0.2) is 8.42 Å². The standard InChI is InChI=1S/C25H39N3O5S/c1-4-5-6-7-14-26-24(29)22-9-8-15-27(18-22)25(30)21-10-12-23(13-11-21)34(31,32)28-16-19(2)33-20(3)17-28/h10-13,19-20,22H,4-9,14-18H2,1-3H3,(H,26,29)/t19-,20+,22-/m0/s1. The first kappa shape index (κ1) is 26.6. The topological polar surface area (TPSA) is 96.0 Å². The fourth-order valence-corrected chi connectivity index (χ4v) is 6.30. The van der Waals surface area contributed by atoms with Crippen LogP contribution in [0.2, 0.25) is 0 Å². The van der Waals surface area contributed by atoms with Gasteiger partial charge in [-0.2, -0.15) is 4.31 Å². The molecule has 0 spiro atoms. The average Bonchev–Trinajstić information content (AvgIpc) is 2.83. The maximum absolute atomic E-state index is 13.1. The highest BCUT2D eigenvalue weighted by Gasteiger charge is 2.33. The zero-order valence-corrected chi connectivity index (χ0v) is 21.5. The summed E-state index contributed by atoms with van der Waals surface area (Å²) >= 11 is 0. The van der Waals surface area contributed by atoms with Crippen molar-refractivity contribution in [2.45, 2.75) is 76.4 Å². The third-order valence-corrected chi connectivity index (χ3v) is 8.38. The van der Waals surface area contributed by atoms with Crippen LogP contribution in [0.25, 0.3) is 0 Å². The molecule has 1 N–H and O–H groups in total. The van der Waals surface area contributed by atoms with Crippen LogP contribution >= 0.6 is 0 Å². The Morgan fingerprint density at radius 1 is 1.03 bits per heavy atom. The van der Waals surface area contributed by atoms with Gasteiger partial charge in [0.2, 0.25) is 15.9 Å². The molecular weight excluding hydrogens is 454 g/mol. The van der Waals surface area contributed by atoms with E-state index in [2.05, 4.69) is 12.2 Å². The molecule has 190 valence electrons. The van der Waals surface area contributed by atoms with Crippen LogP contribution in [0.15, 0.2) is 29.2 Å². The van der Waals surface area contributed by atoms with Crippen molar-refractivity contribution in [2.75, 3.05) is 32.7 Å². The number of hydrogen-bond donors (Lipinski definition) is 1. The predicted octanol–water partition coefficient (Wildman–Crippen LogP) is 3.03. The van der Waals surface area contributed by atoms with Gasteiger partial charge in [0, 0.05) is 38.3 Å². The lowest BCUT2D eigenvalue weighted by Crippen LogP contribution is -2.48. The maximum atomic E-state index is 13.1. The molecule has 34 heavy (non-hydrogen) atoms. The molecule has 2 heterocycles. The number of likely N-dealkylation sites (tertiary alicyclic amines) is 1. The second kappa shape index (κ2) is 12.1. The van der Waals surface area contributed by atoms with Crippen LogP contribution in [0.1, 0.15) is 69.7 Å². The van der Waals surface area contributed by atoms with Gasteiger partial charge in [-0.15, -0.1) is 0 Å². The number of nitrogens with one attached hydrogen (secondary N) is 1. The quantitative estimate of drug-likeness (QED) is 0.534. The van der Waals surface area contributed by atoms with Crippen molar-refractivity contribution in [1.82, 2.24) is 14.5 Å². The Morgan fingerprint density at radius 2 is 1.71 bits per heavy atom. The fourth-order valence-electron chi connectivity index (χ4n) is 4.71. The molecule has 0 bridgehead atoms. The Morgan fingerprint density at radius 3 is 2.35 bits per heavy atom. The van der Waals surface area contributed by atoms with Crippen LogP contribution in [0.4, 0.5) is 0 Å². The largest absolute Gasteiger partial charge is 0.373 e. The normalized spacial score (nSPS) is 24.1. The number of carbonyl (C=O) groups excluding carboxylic acids is 2. The summed E-state index contributed by atoms with van der Waals surface area (Å²) in [5.74, 6) is -0.351. The Bertz CT molecular complexity index is 924. The third kappa shape index (κ3) is 6.79. The summed E-state index contributed by atoms with van der Waals surface area (Å²) in [5.41, 5.74) is 0.434. The number of carbonyl (C=O) groups is 2. The highest BCUT2D eigenvalue weighted by molar-refractivity contribution is 7.89. The van der Waals surface area contributed by atoms with E-state index in [4.69, 9.17) is 4.74 Å². The Kier molecular flexibility index (Phi) is 9.50. The minimum Gasteiger partial charge on any atom is -0.373 e. The molecule has 9 heteroatoms. The van der Waals surface area contributed by atoms with Gasteiger partial charge in [-0.3, -0.25) is 9.59 Å². The third-order valence-electron chi connectivity index (χ3n) is 6.53. The monoisotopic (exact) mass is 493 g/mol. The second-order valence-electron chi connectivity index (χ2n) is 9.55. The zero-order valence-electron chi connectivity index (χ0n) is 20.7. The lowest BCUT2D eigenvalue weighted by molar-refractivity contribution is -0.126. The van der Waals surface area contributed by atoms with Crippen molar-refractivity contribution in [2.24, 2.45) is 5.92 Å². The highest BCUT2D eigenvalue weighted by atomic mass is 32.2. The molecule has 0 saturated carbocycles. The van der Waals surface area contributed by atoms with E-state index in [9.17, 15) is 18.0 Å². The summed E-state index contributed by atoms with van der Waals surface area (Å²) in [6.07, 6.45) is 5.64. The van der Waals surface area contributed by atoms with Gasteiger partial charge in [0.1, 0.15) is 0 Å². The number of piperidine rings is 1. The molecule has 2 amide bonds. The van der Waals surface area contributed by atoms with Crippen LogP contribution in [-0.4, -0.2) is 74.4 Å². The van der Waals surface area contributed by atoms with E-state index in [1.54, 1.807) is 17.0 Å². The van der Waals surface area contributed by atoms with Crippen LogP contribution in [0.5, 0.6) is 0 Å². The first-order valence-electron chi connectivity index (χ1n) is 12.5. The van der Waals surface area contributed by atoms with Gasteiger partial charge in [0.15, 0.2) is 0 Å². The number of benzene rings is 1. The molecule has 2 aliphatic heterocycles. The summed E-state index contributed by atoms with van der Waals surface area (Å²) in [6.45, 7) is 8.17. The van der Waals surface area contributed by atoms with Gasteiger partial charge in [-0.1, -0.05) is 26.2 Å². The molecule has 8 nitrogen and oxygen atoms in total. The van der Waals surface area contributed by atoms with Gasteiger partial charge < -0.3 is 15.0 Å². The first-order valence-corrected chi connectivity index (χ1v) is 14.0. The smallest absolute Gasteiger partial charge is 0.253 e. The molecule has 0 unspecified atom stereocenters. The van der Waals surface area contributed by atoms with Crippen molar-refractivity contribution in [3.05, 3.63) is 29.8 Å². The molecule has 0 aromatic heterocycles. The van der Waals surface area contributed by atoms with Gasteiger partial charge in [-0.05, 0) is 57.4 Å². The molecule has 0 aliphatic carbocycles. The molecule has 0 radical (unpaired) electrons. The summed E-state index contributed by atoms with van der Waals surface area (Å²) in [4.78, 5) is 27.5. The number of rotatable bonds is 9. The predicted molar refractivity (Wildman–Crippen MR) is 131 cm³/mol. The highest BCUT2D eigenvalue weighted by Crippen LogP contribution is 2.23.